The van der Waals surface area contributed by atoms with Gasteiger partial charge in [-0.15, -0.1) is 0 Å². The van der Waals surface area contributed by atoms with Crippen LogP contribution in [0.5, 0.6) is 0 Å². The average molecular weight is 609 g/mol. The summed E-state index contributed by atoms with van der Waals surface area (Å²) in [6, 6.07) is 3.37. The molecule has 1 saturated carbocycles. The number of ether oxygens (including phenoxy) is 4. The van der Waals surface area contributed by atoms with Crippen molar-refractivity contribution in [2.24, 2.45) is 29.1 Å². The summed E-state index contributed by atoms with van der Waals surface area (Å²) in [5.74, 6) is -2.50. The van der Waals surface area contributed by atoms with Gasteiger partial charge in [-0.05, 0) is 53.9 Å². The van der Waals surface area contributed by atoms with Gasteiger partial charge >= 0.3 is 11.9 Å². The van der Waals surface area contributed by atoms with Crippen molar-refractivity contribution in [3.8, 4) is 0 Å². The molecule has 12 atom stereocenters. The Balaban J connectivity index is 1.61. The SMILES string of the molecule is CO[C@H]1C[C@H]2C=C[C@]3(C)[C@H]4[C@H](O)[C@@H](C)[C@@H](OC(=O)c5ccc(Br)[nH]5)[C@@H]3O[C@@]24/C(C)=C/[C@@H](C)[C@@H]([C@@H](C)O)OC1=O. The molecule has 214 valence electrons. The number of rotatable bonds is 4. The lowest BCUT2D eigenvalue weighted by molar-refractivity contribution is -0.172. The summed E-state index contributed by atoms with van der Waals surface area (Å²) in [6.07, 6.45) is 1.67. The van der Waals surface area contributed by atoms with Crippen molar-refractivity contribution in [3.05, 3.63) is 46.2 Å². The number of methoxy groups -OCH3 is 1. The number of cyclic esters (lactones) is 1. The summed E-state index contributed by atoms with van der Waals surface area (Å²) in [4.78, 5) is 29.2. The molecule has 3 heterocycles. The number of carbonyl (C=O) groups is 2. The van der Waals surface area contributed by atoms with Gasteiger partial charge in [-0.2, -0.15) is 0 Å². The number of aliphatic hydroxyl groups is 2. The number of halogens is 1. The largest absolute Gasteiger partial charge is 0.457 e. The summed E-state index contributed by atoms with van der Waals surface area (Å²) >= 11 is 3.32. The number of esters is 2. The van der Waals surface area contributed by atoms with E-state index in [0.29, 0.717) is 10.3 Å². The van der Waals surface area contributed by atoms with Crippen LogP contribution < -0.4 is 0 Å². The molecule has 0 unspecified atom stereocenters. The third-order valence-corrected chi connectivity index (χ3v) is 9.97. The third kappa shape index (κ3) is 4.34. The third-order valence-electron chi connectivity index (χ3n) is 9.51. The fourth-order valence-electron chi connectivity index (χ4n) is 7.57. The summed E-state index contributed by atoms with van der Waals surface area (Å²) in [5, 5.41) is 22.4. The van der Waals surface area contributed by atoms with Gasteiger partial charge in [0, 0.05) is 36.2 Å². The molecule has 2 aliphatic heterocycles. The van der Waals surface area contributed by atoms with Crippen molar-refractivity contribution in [1.82, 2.24) is 4.98 Å². The molecule has 4 aliphatic rings. The first-order chi connectivity index (χ1) is 18.3. The van der Waals surface area contributed by atoms with Crippen LogP contribution in [0.4, 0.5) is 0 Å². The fraction of sp³-hybridized carbons (Fsp3) is 0.655. The van der Waals surface area contributed by atoms with E-state index in [0.717, 1.165) is 5.57 Å². The number of hydrogen-bond acceptors (Lipinski definition) is 8. The predicted octanol–water partition coefficient (Wildman–Crippen LogP) is 3.55. The van der Waals surface area contributed by atoms with Crippen molar-refractivity contribution < 1.29 is 38.7 Å². The Morgan fingerprint density at radius 2 is 2.03 bits per heavy atom. The molecule has 1 aromatic heterocycles. The van der Waals surface area contributed by atoms with E-state index < -0.39 is 65.5 Å². The maximum Gasteiger partial charge on any atom is 0.355 e. The van der Waals surface area contributed by atoms with Crippen LogP contribution in [-0.4, -0.2) is 76.5 Å². The van der Waals surface area contributed by atoms with Crippen LogP contribution in [0.15, 0.2) is 40.5 Å². The molecular formula is C29H38BrNO8. The normalized spacial score (nSPS) is 45.5. The van der Waals surface area contributed by atoms with Crippen LogP contribution in [-0.2, 0) is 23.7 Å². The summed E-state index contributed by atoms with van der Waals surface area (Å²) in [6.45, 7) is 9.39. The van der Waals surface area contributed by atoms with Gasteiger partial charge in [0.15, 0.2) is 6.10 Å². The number of H-pyrrole nitrogens is 1. The first kappa shape index (κ1) is 28.5. The topological polar surface area (TPSA) is 127 Å². The zero-order chi connectivity index (χ0) is 28.4. The Bertz CT molecular complexity index is 1190. The first-order valence-electron chi connectivity index (χ1n) is 13.6. The fourth-order valence-corrected chi connectivity index (χ4v) is 7.92. The van der Waals surface area contributed by atoms with Gasteiger partial charge in [-0.1, -0.05) is 39.0 Å². The molecule has 5 rings (SSSR count). The van der Waals surface area contributed by atoms with Crippen molar-refractivity contribution in [2.75, 3.05) is 7.11 Å². The highest BCUT2D eigenvalue weighted by atomic mass is 79.9. The monoisotopic (exact) mass is 607 g/mol. The molecular weight excluding hydrogens is 570 g/mol. The van der Waals surface area contributed by atoms with E-state index in [1.54, 1.807) is 19.1 Å². The second-order valence-corrected chi connectivity index (χ2v) is 12.7. The van der Waals surface area contributed by atoms with E-state index in [2.05, 4.69) is 33.1 Å². The zero-order valence-corrected chi connectivity index (χ0v) is 24.7. The lowest BCUT2D eigenvalue weighted by Gasteiger charge is -2.53. The van der Waals surface area contributed by atoms with Crippen LogP contribution in [0, 0.1) is 29.1 Å². The average Bonchev–Trinajstić information content (AvgIpc) is 3.36. The summed E-state index contributed by atoms with van der Waals surface area (Å²) < 4.78 is 25.1. The minimum atomic E-state index is -0.982. The van der Waals surface area contributed by atoms with E-state index in [4.69, 9.17) is 18.9 Å². The van der Waals surface area contributed by atoms with Gasteiger partial charge in [-0.25, -0.2) is 9.59 Å². The Morgan fingerprint density at radius 1 is 1.31 bits per heavy atom. The number of carbonyl (C=O) groups excluding carboxylic acids is 2. The van der Waals surface area contributed by atoms with E-state index in [1.807, 2.05) is 33.8 Å². The molecule has 1 spiro atoms. The van der Waals surface area contributed by atoms with Gasteiger partial charge in [0.1, 0.15) is 29.6 Å². The Morgan fingerprint density at radius 3 is 2.64 bits per heavy atom. The number of aliphatic hydroxyl groups excluding tert-OH is 2. The molecule has 3 N–H and O–H groups in total. The Labute approximate surface area is 237 Å². The van der Waals surface area contributed by atoms with Gasteiger partial charge in [0.2, 0.25) is 0 Å². The maximum atomic E-state index is 13.1. The first-order valence-corrected chi connectivity index (χ1v) is 14.4. The van der Waals surface area contributed by atoms with E-state index in [1.165, 1.54) is 7.11 Å². The highest BCUT2D eigenvalue weighted by Gasteiger charge is 2.73. The van der Waals surface area contributed by atoms with Crippen molar-refractivity contribution in [1.29, 1.82) is 0 Å². The molecule has 4 bridgehead atoms. The van der Waals surface area contributed by atoms with Crippen molar-refractivity contribution in [2.45, 2.75) is 83.3 Å². The minimum Gasteiger partial charge on any atom is -0.457 e. The van der Waals surface area contributed by atoms with E-state index in [9.17, 15) is 19.8 Å². The number of hydrogen-bond donors (Lipinski definition) is 3. The molecule has 0 amide bonds. The van der Waals surface area contributed by atoms with Gasteiger partial charge in [-0.3, -0.25) is 0 Å². The predicted molar refractivity (Wildman–Crippen MR) is 145 cm³/mol. The summed E-state index contributed by atoms with van der Waals surface area (Å²) in [7, 11) is 1.46. The number of aromatic amines is 1. The van der Waals surface area contributed by atoms with Crippen LogP contribution in [0.3, 0.4) is 0 Å². The van der Waals surface area contributed by atoms with Crippen LogP contribution >= 0.6 is 15.9 Å². The van der Waals surface area contributed by atoms with E-state index >= 15 is 0 Å². The second kappa shape index (κ2) is 10.1. The Hall–Kier alpha value is -1.98. The zero-order valence-electron chi connectivity index (χ0n) is 23.1. The quantitative estimate of drug-likeness (QED) is 0.350. The highest BCUT2D eigenvalue weighted by molar-refractivity contribution is 9.10. The van der Waals surface area contributed by atoms with Crippen LogP contribution in [0.1, 0.15) is 51.5 Å². The lowest BCUT2D eigenvalue weighted by atomic mass is 9.51. The lowest BCUT2D eigenvalue weighted by Crippen LogP contribution is -2.61. The molecule has 39 heavy (non-hydrogen) atoms. The molecule has 0 aromatic carbocycles. The second-order valence-electron chi connectivity index (χ2n) is 11.9. The standard InChI is InChI=1S/C29H38BrNO8/c1-13-11-14(2)29-17(12-19(36-6)27(35)37-22(13)16(4)32)9-10-28(5)24(29)21(33)15(3)23(25(28)39-29)38-26(34)18-7-8-20(30)31-18/h7-11,13,15-17,19,21-25,31-33H,12H2,1-6H3/b14-11+/t13-,15-,16-,17-,19+,21-,22+,23-,24-,25+,28-,29+/m1/s1. The van der Waals surface area contributed by atoms with Gasteiger partial charge in [0.25, 0.3) is 0 Å². The van der Waals surface area contributed by atoms with Crippen LogP contribution in [0.2, 0.25) is 0 Å². The molecule has 9 nitrogen and oxygen atoms in total. The Kier molecular flexibility index (Phi) is 7.42. The molecule has 1 aromatic rings. The molecule has 10 heteroatoms. The molecule has 1 saturated heterocycles. The van der Waals surface area contributed by atoms with E-state index in [-0.39, 0.29) is 24.2 Å². The molecule has 2 aliphatic carbocycles. The van der Waals surface area contributed by atoms with Crippen molar-refractivity contribution >= 4 is 27.9 Å². The highest BCUT2D eigenvalue weighted by Crippen LogP contribution is 2.66. The smallest absolute Gasteiger partial charge is 0.355 e. The summed E-state index contributed by atoms with van der Waals surface area (Å²) in [5.41, 5.74) is -0.436. The number of nitrogens with one attached hydrogen (secondary N) is 1. The minimum absolute atomic E-state index is 0.263. The van der Waals surface area contributed by atoms with Gasteiger partial charge in [0.05, 0.1) is 16.8 Å². The van der Waals surface area contributed by atoms with Gasteiger partial charge < -0.3 is 34.1 Å². The van der Waals surface area contributed by atoms with Crippen LogP contribution in [0.25, 0.3) is 0 Å². The molecule has 0 radical (unpaired) electrons. The molecule has 2 fully saturated rings. The number of aromatic nitrogens is 1. The van der Waals surface area contributed by atoms with Crippen molar-refractivity contribution in [3.63, 3.8) is 0 Å². The maximum absolute atomic E-state index is 13.1.